The highest BCUT2D eigenvalue weighted by Crippen LogP contribution is 2.24. The summed E-state index contributed by atoms with van der Waals surface area (Å²) in [6.45, 7) is 0.923. The number of rotatable bonds is 8. The zero-order valence-electron chi connectivity index (χ0n) is 29.4. The van der Waals surface area contributed by atoms with Crippen LogP contribution in [0.4, 0.5) is 5.82 Å². The number of hydrogen-bond acceptors (Lipinski definition) is 10. The zero-order valence-corrected chi connectivity index (χ0v) is 29.4. The van der Waals surface area contributed by atoms with Gasteiger partial charge in [0.1, 0.15) is 18.5 Å². The molecule has 0 spiro atoms. The summed E-state index contributed by atoms with van der Waals surface area (Å²) in [7, 11) is 5.54. The van der Waals surface area contributed by atoms with E-state index in [-0.39, 0.29) is 11.1 Å². The summed E-state index contributed by atoms with van der Waals surface area (Å²) < 4.78 is 8.36. The molecule has 0 bridgehead atoms. The molecule has 0 aliphatic heterocycles. The van der Waals surface area contributed by atoms with Crippen LogP contribution in [-0.2, 0) is 13.1 Å². The molecule has 0 unspecified atom stereocenters. The lowest BCUT2D eigenvalue weighted by Gasteiger charge is -2.12. The highest BCUT2D eigenvalue weighted by Gasteiger charge is 2.08. The number of aromatic nitrogens is 8. The van der Waals surface area contributed by atoms with E-state index in [1.165, 1.54) is 0 Å². The Bertz CT molecular complexity index is 2640. The number of ether oxygens (including phenoxy) is 1. The molecule has 8 rings (SSSR count). The van der Waals surface area contributed by atoms with Gasteiger partial charge in [-0.2, -0.15) is 0 Å². The Morgan fingerprint density at radius 2 is 1.04 bits per heavy atom. The molecule has 0 saturated heterocycles. The van der Waals surface area contributed by atoms with Crippen LogP contribution in [-0.4, -0.2) is 60.2 Å². The molecule has 0 amide bonds. The SMILES string of the molecule is CN(C)c1cc(-c2ccc(Cn3cnc4ncccc4c3=O)cc2)ccn1.COc1cc(-c2ccc(Cn3cnc4ncccc4c3=O)cc2)ccn1. The van der Waals surface area contributed by atoms with Gasteiger partial charge in [-0.15, -0.1) is 0 Å². The van der Waals surface area contributed by atoms with Crippen molar-refractivity contribution in [2.45, 2.75) is 13.1 Å². The number of hydrogen-bond donors (Lipinski definition) is 0. The third kappa shape index (κ3) is 7.81. The molecule has 0 saturated carbocycles. The second-order valence-corrected chi connectivity index (χ2v) is 12.4. The molecular weight excluding hydrogens is 667 g/mol. The van der Waals surface area contributed by atoms with Crippen molar-refractivity contribution >= 4 is 27.9 Å². The molecule has 53 heavy (non-hydrogen) atoms. The summed E-state index contributed by atoms with van der Waals surface area (Å²) >= 11 is 0. The van der Waals surface area contributed by atoms with Crippen molar-refractivity contribution in [3.8, 4) is 28.1 Å². The fraction of sp³-hybridized carbons (Fsp3) is 0.122. The van der Waals surface area contributed by atoms with Gasteiger partial charge in [0.15, 0.2) is 11.3 Å². The third-order valence-electron chi connectivity index (χ3n) is 8.62. The standard InChI is InChI=1S/C21H19N5O.C20H16N4O2/c1-25(2)19-12-17(9-11-22-19)16-7-5-15(6-8-16)13-26-14-24-20-18(21(26)27)4-3-10-23-20;1-26-18-11-16(8-10-21-18)15-6-4-14(5-7-15)12-24-13-23-19-17(20(24)25)3-2-9-22-19/h3-12,14H,13H2,1-2H3;2-11,13H,12H2,1H3. The quantitative estimate of drug-likeness (QED) is 0.189. The van der Waals surface area contributed by atoms with E-state index in [4.69, 9.17) is 4.74 Å². The molecule has 0 aliphatic carbocycles. The Hall–Kier alpha value is -7.08. The summed E-state index contributed by atoms with van der Waals surface area (Å²) in [5.41, 5.74) is 7.12. The predicted molar refractivity (Wildman–Crippen MR) is 206 cm³/mol. The van der Waals surface area contributed by atoms with Crippen molar-refractivity contribution in [3.63, 3.8) is 0 Å². The van der Waals surface area contributed by atoms with Gasteiger partial charge in [0.2, 0.25) is 5.88 Å². The molecule has 12 heteroatoms. The molecule has 8 aromatic rings. The molecule has 2 aromatic carbocycles. The van der Waals surface area contributed by atoms with E-state index in [1.807, 2.05) is 79.8 Å². The molecule has 0 radical (unpaired) electrons. The normalized spacial score (nSPS) is 10.8. The Labute approximate surface area is 304 Å². The van der Waals surface area contributed by atoms with Crippen molar-refractivity contribution in [2.24, 2.45) is 0 Å². The van der Waals surface area contributed by atoms with Crippen LogP contribution >= 0.6 is 0 Å². The van der Waals surface area contributed by atoms with E-state index in [2.05, 4.69) is 48.1 Å². The first kappa shape index (κ1) is 34.4. The first-order valence-electron chi connectivity index (χ1n) is 16.8. The summed E-state index contributed by atoms with van der Waals surface area (Å²) in [4.78, 5) is 52.3. The van der Waals surface area contributed by atoms with E-state index < -0.39 is 0 Å². The van der Waals surface area contributed by atoms with Crippen LogP contribution in [0, 0.1) is 0 Å². The molecule has 262 valence electrons. The number of pyridine rings is 4. The summed E-state index contributed by atoms with van der Waals surface area (Å²) in [5, 5.41) is 1.06. The first-order valence-corrected chi connectivity index (χ1v) is 16.8. The number of benzene rings is 2. The van der Waals surface area contributed by atoms with Gasteiger partial charge >= 0.3 is 0 Å². The lowest BCUT2D eigenvalue weighted by Crippen LogP contribution is -2.21. The molecule has 0 N–H and O–H groups in total. The summed E-state index contributed by atoms with van der Waals surface area (Å²) in [6.07, 6.45) is 9.89. The maximum atomic E-state index is 12.6. The maximum absolute atomic E-state index is 12.6. The number of fused-ring (bicyclic) bond motifs is 2. The lowest BCUT2D eigenvalue weighted by molar-refractivity contribution is 0.398. The Balaban J connectivity index is 0.000000164. The van der Waals surface area contributed by atoms with Crippen molar-refractivity contribution in [2.75, 3.05) is 26.1 Å². The van der Waals surface area contributed by atoms with Crippen LogP contribution in [0.1, 0.15) is 11.1 Å². The van der Waals surface area contributed by atoms with Gasteiger partial charge in [-0.3, -0.25) is 18.7 Å². The minimum absolute atomic E-state index is 0.0815. The van der Waals surface area contributed by atoms with Gasteiger partial charge in [0.25, 0.3) is 11.1 Å². The Kier molecular flexibility index (Phi) is 10.0. The topological polar surface area (TPSA) is 134 Å². The van der Waals surface area contributed by atoms with E-state index in [0.717, 1.165) is 39.2 Å². The van der Waals surface area contributed by atoms with Crippen molar-refractivity contribution in [1.82, 2.24) is 39.0 Å². The second kappa shape index (κ2) is 15.4. The summed E-state index contributed by atoms with van der Waals surface area (Å²) in [6, 6.07) is 31.1. The van der Waals surface area contributed by atoms with E-state index in [0.29, 0.717) is 41.0 Å². The van der Waals surface area contributed by atoms with Gasteiger partial charge in [0.05, 0.1) is 31.0 Å². The first-order chi connectivity index (χ1) is 25.9. The highest BCUT2D eigenvalue weighted by molar-refractivity contribution is 5.73. The van der Waals surface area contributed by atoms with Gasteiger partial charge in [0, 0.05) is 44.9 Å². The van der Waals surface area contributed by atoms with Crippen LogP contribution in [0.25, 0.3) is 44.3 Å². The molecule has 0 fully saturated rings. The van der Waals surface area contributed by atoms with E-state index >= 15 is 0 Å². The Morgan fingerprint density at radius 1 is 0.547 bits per heavy atom. The second-order valence-electron chi connectivity index (χ2n) is 12.4. The number of anilines is 1. The molecule has 6 heterocycles. The molecule has 6 aromatic heterocycles. The predicted octanol–water partition coefficient (Wildman–Crippen LogP) is 5.88. The molecular formula is C41H35N9O3. The highest BCUT2D eigenvalue weighted by atomic mass is 16.5. The van der Waals surface area contributed by atoms with E-state index in [1.54, 1.807) is 71.8 Å². The van der Waals surface area contributed by atoms with Gasteiger partial charge in [-0.05, 0) is 75.8 Å². The maximum Gasteiger partial charge on any atom is 0.263 e. The third-order valence-corrected chi connectivity index (χ3v) is 8.62. The zero-order chi connectivity index (χ0) is 36.7. The largest absolute Gasteiger partial charge is 0.481 e. The van der Waals surface area contributed by atoms with Crippen LogP contribution < -0.4 is 20.8 Å². The van der Waals surface area contributed by atoms with Gasteiger partial charge in [-0.25, -0.2) is 29.9 Å². The summed E-state index contributed by atoms with van der Waals surface area (Å²) in [5.74, 6) is 1.49. The molecule has 0 atom stereocenters. The molecule has 12 nitrogen and oxygen atoms in total. The number of methoxy groups -OCH3 is 1. The fourth-order valence-corrected chi connectivity index (χ4v) is 5.76. The molecule has 0 aliphatic rings. The van der Waals surface area contributed by atoms with Crippen molar-refractivity contribution in [1.29, 1.82) is 0 Å². The van der Waals surface area contributed by atoms with Crippen LogP contribution in [0.15, 0.2) is 144 Å². The van der Waals surface area contributed by atoms with Crippen molar-refractivity contribution < 1.29 is 4.74 Å². The van der Waals surface area contributed by atoms with Crippen LogP contribution in [0.5, 0.6) is 5.88 Å². The minimum Gasteiger partial charge on any atom is -0.481 e. The average molecular weight is 702 g/mol. The average Bonchev–Trinajstić information content (AvgIpc) is 3.21. The smallest absolute Gasteiger partial charge is 0.263 e. The minimum atomic E-state index is -0.0916. The monoisotopic (exact) mass is 701 g/mol. The van der Waals surface area contributed by atoms with E-state index in [9.17, 15) is 9.59 Å². The van der Waals surface area contributed by atoms with Crippen LogP contribution in [0.2, 0.25) is 0 Å². The van der Waals surface area contributed by atoms with Crippen molar-refractivity contribution in [3.05, 3.63) is 166 Å². The van der Waals surface area contributed by atoms with Crippen LogP contribution in [0.3, 0.4) is 0 Å². The Morgan fingerprint density at radius 3 is 1.53 bits per heavy atom. The fourth-order valence-electron chi connectivity index (χ4n) is 5.76. The lowest BCUT2D eigenvalue weighted by atomic mass is 10.0. The van der Waals surface area contributed by atoms with Gasteiger partial charge < -0.3 is 9.64 Å². The number of nitrogens with zero attached hydrogens (tertiary/aromatic N) is 9. The van der Waals surface area contributed by atoms with Gasteiger partial charge in [-0.1, -0.05) is 48.5 Å².